The van der Waals surface area contributed by atoms with Gasteiger partial charge in [-0.2, -0.15) is 0 Å². The summed E-state index contributed by atoms with van der Waals surface area (Å²) in [5, 5.41) is 0. The van der Waals surface area contributed by atoms with Gasteiger partial charge in [0, 0.05) is 57.6 Å². The average molecular weight is 248 g/mol. The van der Waals surface area contributed by atoms with Gasteiger partial charge < -0.3 is 14.2 Å². The van der Waals surface area contributed by atoms with Crippen molar-refractivity contribution in [2.24, 2.45) is 13.0 Å². The molecule has 3 heterocycles. The lowest BCUT2D eigenvalue weighted by Gasteiger charge is -2.32. The Balaban J connectivity index is 1.69. The summed E-state index contributed by atoms with van der Waals surface area (Å²) in [7, 11) is 2.08. The van der Waals surface area contributed by atoms with Crippen LogP contribution in [0.25, 0.3) is 0 Å². The number of ether oxygens (including phenoxy) is 1. The maximum Gasteiger partial charge on any atom is 0.226 e. The topological polar surface area (TPSA) is 34.5 Å². The van der Waals surface area contributed by atoms with Crippen molar-refractivity contribution in [2.45, 2.75) is 25.8 Å². The molecule has 2 aliphatic rings. The number of hydrogen-bond acceptors (Lipinski definition) is 2. The van der Waals surface area contributed by atoms with E-state index in [0.29, 0.717) is 5.91 Å². The van der Waals surface area contributed by atoms with Gasteiger partial charge in [0.1, 0.15) is 0 Å². The molecule has 0 bridgehead atoms. The van der Waals surface area contributed by atoms with Gasteiger partial charge in [-0.25, -0.2) is 0 Å². The Bertz CT molecular complexity index is 447. The first-order valence-electron chi connectivity index (χ1n) is 6.75. The second-order valence-electron chi connectivity index (χ2n) is 5.30. The summed E-state index contributed by atoms with van der Waals surface area (Å²) < 4.78 is 7.49. The minimum atomic E-state index is 0.184. The molecule has 1 saturated heterocycles. The Hall–Kier alpha value is -1.29. The van der Waals surface area contributed by atoms with Crippen LogP contribution in [0.5, 0.6) is 0 Å². The molecule has 4 heteroatoms. The van der Waals surface area contributed by atoms with Crippen LogP contribution in [0.4, 0.5) is 0 Å². The fourth-order valence-electron chi connectivity index (χ4n) is 3.01. The van der Waals surface area contributed by atoms with Crippen molar-refractivity contribution in [2.75, 3.05) is 19.8 Å². The van der Waals surface area contributed by atoms with Gasteiger partial charge in [-0.05, 0) is 24.5 Å². The molecule has 18 heavy (non-hydrogen) atoms. The number of amides is 1. The van der Waals surface area contributed by atoms with E-state index >= 15 is 0 Å². The van der Waals surface area contributed by atoms with Crippen LogP contribution in [0, 0.1) is 5.92 Å². The zero-order valence-corrected chi connectivity index (χ0v) is 10.9. The van der Waals surface area contributed by atoms with Crippen LogP contribution >= 0.6 is 0 Å². The highest BCUT2D eigenvalue weighted by Crippen LogP contribution is 2.24. The van der Waals surface area contributed by atoms with Crippen molar-refractivity contribution in [3.63, 3.8) is 0 Å². The summed E-state index contributed by atoms with van der Waals surface area (Å²) >= 11 is 0. The van der Waals surface area contributed by atoms with Gasteiger partial charge in [0.05, 0.1) is 0 Å². The zero-order valence-electron chi connectivity index (χ0n) is 10.9. The number of fused-ring (bicyclic) bond motifs is 1. The summed E-state index contributed by atoms with van der Waals surface area (Å²) in [6, 6.07) is 2.14. The van der Waals surface area contributed by atoms with Crippen LogP contribution in [0.1, 0.15) is 24.1 Å². The van der Waals surface area contributed by atoms with E-state index in [1.54, 1.807) is 0 Å². The number of carbonyl (C=O) groups is 1. The quantitative estimate of drug-likeness (QED) is 0.751. The average Bonchev–Trinajstić information content (AvgIpc) is 2.80. The van der Waals surface area contributed by atoms with Crippen molar-refractivity contribution in [3.8, 4) is 0 Å². The smallest absolute Gasteiger partial charge is 0.226 e. The number of hydrogen-bond donors (Lipinski definition) is 0. The third-order valence-electron chi connectivity index (χ3n) is 4.16. The molecule has 4 nitrogen and oxygen atoms in total. The monoisotopic (exact) mass is 248 g/mol. The summed E-state index contributed by atoms with van der Waals surface area (Å²) in [6.45, 7) is 3.12. The van der Waals surface area contributed by atoms with Gasteiger partial charge in [-0.1, -0.05) is 0 Å². The van der Waals surface area contributed by atoms with Crippen molar-refractivity contribution in [1.29, 1.82) is 0 Å². The van der Waals surface area contributed by atoms with Gasteiger partial charge in [0.15, 0.2) is 0 Å². The molecule has 1 fully saturated rings. The minimum Gasteiger partial charge on any atom is -0.381 e. The normalized spacial score (nSPS) is 20.8. The minimum absolute atomic E-state index is 0.184. The van der Waals surface area contributed by atoms with Crippen molar-refractivity contribution < 1.29 is 9.53 Å². The molecule has 2 aliphatic heterocycles. The van der Waals surface area contributed by atoms with E-state index in [0.717, 1.165) is 45.6 Å². The summed E-state index contributed by atoms with van der Waals surface area (Å²) in [5.41, 5.74) is 2.69. The van der Waals surface area contributed by atoms with E-state index in [-0.39, 0.29) is 5.92 Å². The fraction of sp³-hybridized carbons (Fsp3) is 0.643. The van der Waals surface area contributed by atoms with E-state index in [2.05, 4.69) is 23.9 Å². The van der Waals surface area contributed by atoms with E-state index < -0.39 is 0 Å². The predicted octanol–water partition coefficient (Wildman–Crippen LogP) is 1.34. The lowest BCUT2D eigenvalue weighted by Crippen LogP contribution is -2.41. The van der Waals surface area contributed by atoms with Gasteiger partial charge in [0.2, 0.25) is 5.91 Å². The zero-order chi connectivity index (χ0) is 12.5. The van der Waals surface area contributed by atoms with Crippen LogP contribution in [0.3, 0.4) is 0 Å². The van der Waals surface area contributed by atoms with Crippen molar-refractivity contribution in [1.82, 2.24) is 9.47 Å². The standard InChI is InChI=1S/C14H20N2O2/c1-15-6-2-12-10-16(7-3-13(12)15)14(17)11-4-8-18-9-5-11/h2,6,11H,3-5,7-10H2,1H3. The highest BCUT2D eigenvalue weighted by molar-refractivity contribution is 5.79. The third-order valence-corrected chi connectivity index (χ3v) is 4.16. The van der Waals surface area contributed by atoms with E-state index in [1.807, 2.05) is 4.90 Å². The largest absolute Gasteiger partial charge is 0.381 e. The molecule has 0 saturated carbocycles. The SMILES string of the molecule is Cn1ccc2c1CCN(C(=O)C1CCOCC1)C2. The maximum absolute atomic E-state index is 12.4. The number of nitrogens with zero attached hydrogens (tertiary/aromatic N) is 2. The molecule has 0 atom stereocenters. The van der Waals surface area contributed by atoms with Crippen LogP contribution in [-0.2, 0) is 29.5 Å². The molecular weight excluding hydrogens is 228 g/mol. The maximum atomic E-state index is 12.4. The molecule has 0 spiro atoms. The predicted molar refractivity (Wildman–Crippen MR) is 68.1 cm³/mol. The van der Waals surface area contributed by atoms with Gasteiger partial charge in [-0.3, -0.25) is 4.79 Å². The second kappa shape index (κ2) is 4.76. The molecule has 0 aliphatic carbocycles. The highest BCUT2D eigenvalue weighted by Gasteiger charge is 2.29. The summed E-state index contributed by atoms with van der Waals surface area (Å²) in [4.78, 5) is 14.5. The molecule has 0 N–H and O–H groups in total. The van der Waals surface area contributed by atoms with Crippen LogP contribution < -0.4 is 0 Å². The Morgan fingerprint density at radius 2 is 2.17 bits per heavy atom. The highest BCUT2D eigenvalue weighted by atomic mass is 16.5. The number of rotatable bonds is 1. The summed E-state index contributed by atoms with van der Waals surface area (Å²) in [5.74, 6) is 0.511. The van der Waals surface area contributed by atoms with Gasteiger partial charge in [-0.15, -0.1) is 0 Å². The first-order valence-corrected chi connectivity index (χ1v) is 6.75. The Labute approximate surface area is 108 Å². The fourth-order valence-corrected chi connectivity index (χ4v) is 3.01. The molecule has 0 radical (unpaired) electrons. The number of aromatic nitrogens is 1. The Kier molecular flexibility index (Phi) is 3.12. The third kappa shape index (κ3) is 2.05. The molecule has 1 aromatic heterocycles. The second-order valence-corrected chi connectivity index (χ2v) is 5.30. The van der Waals surface area contributed by atoms with E-state index in [4.69, 9.17) is 4.74 Å². The molecule has 98 valence electrons. The van der Waals surface area contributed by atoms with Crippen molar-refractivity contribution >= 4 is 5.91 Å². The molecule has 0 unspecified atom stereocenters. The Morgan fingerprint density at radius 3 is 2.94 bits per heavy atom. The van der Waals surface area contributed by atoms with E-state index in [9.17, 15) is 4.79 Å². The lowest BCUT2D eigenvalue weighted by molar-refractivity contribution is -0.139. The Morgan fingerprint density at radius 1 is 1.39 bits per heavy atom. The van der Waals surface area contributed by atoms with Crippen LogP contribution in [0.2, 0.25) is 0 Å². The van der Waals surface area contributed by atoms with E-state index in [1.165, 1.54) is 11.3 Å². The van der Waals surface area contributed by atoms with Crippen molar-refractivity contribution in [3.05, 3.63) is 23.5 Å². The first kappa shape index (κ1) is 11.8. The molecular formula is C14H20N2O2. The van der Waals surface area contributed by atoms with Crippen LogP contribution in [0.15, 0.2) is 12.3 Å². The van der Waals surface area contributed by atoms with Gasteiger partial charge in [0.25, 0.3) is 0 Å². The number of aryl methyl sites for hydroxylation is 1. The molecule has 3 rings (SSSR count). The molecule has 1 amide bonds. The van der Waals surface area contributed by atoms with Crippen LogP contribution in [-0.4, -0.2) is 35.1 Å². The first-order chi connectivity index (χ1) is 8.75. The molecule has 0 aromatic carbocycles. The lowest BCUT2D eigenvalue weighted by atomic mass is 9.97. The molecule has 1 aromatic rings. The summed E-state index contributed by atoms with van der Waals surface area (Å²) in [6.07, 6.45) is 4.84. The van der Waals surface area contributed by atoms with Gasteiger partial charge >= 0.3 is 0 Å². The number of carbonyl (C=O) groups excluding carboxylic acids is 1.